The maximum Gasteiger partial charge on any atom is 0.253 e. The summed E-state index contributed by atoms with van der Waals surface area (Å²) >= 11 is 0. The molecule has 0 aliphatic carbocycles. The molecule has 1 aromatic rings. The Bertz CT molecular complexity index is 707. The van der Waals surface area contributed by atoms with E-state index in [0.29, 0.717) is 6.54 Å². The second-order valence-electron chi connectivity index (χ2n) is 5.06. The lowest BCUT2D eigenvalue weighted by Crippen LogP contribution is -2.30. The van der Waals surface area contributed by atoms with Crippen LogP contribution in [0.3, 0.4) is 0 Å². The van der Waals surface area contributed by atoms with Crippen LogP contribution in [0.15, 0.2) is 29.8 Å². The van der Waals surface area contributed by atoms with Crippen LogP contribution in [0.25, 0.3) is 0 Å². The average molecular weight is 364 g/mol. The van der Waals surface area contributed by atoms with Crippen LogP contribution in [-0.2, 0) is 10.0 Å². The number of hydrogen-bond acceptors (Lipinski definition) is 4. The third kappa shape index (κ3) is 6.17. The summed E-state index contributed by atoms with van der Waals surface area (Å²) in [6.07, 6.45) is 3.79. The molecule has 0 unspecified atom stereocenters. The molecule has 0 fully saturated rings. The molecule has 1 amide bonds. The van der Waals surface area contributed by atoms with Crippen LogP contribution in [0.1, 0.15) is 16.8 Å². The fourth-order valence-corrected chi connectivity index (χ4v) is 2.69. The monoisotopic (exact) mass is 363 g/mol. The fraction of sp³-hybridized carbons (Fsp3) is 0.357. The Balaban J connectivity index is 0.00000264. The second kappa shape index (κ2) is 8.28. The molecule has 0 spiro atoms. The molecule has 1 heterocycles. The van der Waals surface area contributed by atoms with E-state index in [1.165, 1.54) is 6.07 Å². The molecule has 6 nitrogen and oxygen atoms in total. The summed E-state index contributed by atoms with van der Waals surface area (Å²) in [5.74, 6) is -1.13. The van der Waals surface area contributed by atoms with Crippen molar-refractivity contribution in [2.45, 2.75) is 6.42 Å². The maximum atomic E-state index is 13.4. The van der Waals surface area contributed by atoms with Crippen molar-refractivity contribution in [3.8, 4) is 0 Å². The van der Waals surface area contributed by atoms with E-state index in [1.54, 1.807) is 0 Å². The number of sulfonamides is 1. The first-order valence-corrected chi connectivity index (χ1v) is 8.68. The first kappa shape index (κ1) is 19.4. The van der Waals surface area contributed by atoms with E-state index in [-0.39, 0.29) is 23.7 Å². The maximum absolute atomic E-state index is 13.4. The first-order valence-electron chi connectivity index (χ1n) is 6.79. The summed E-state index contributed by atoms with van der Waals surface area (Å²) in [5.41, 5.74) is 1.10. The van der Waals surface area contributed by atoms with Crippen molar-refractivity contribution in [2.24, 2.45) is 0 Å². The zero-order valence-corrected chi connectivity index (χ0v) is 14.2. The van der Waals surface area contributed by atoms with Crippen LogP contribution in [0.4, 0.5) is 10.1 Å². The smallest absolute Gasteiger partial charge is 0.253 e. The molecule has 23 heavy (non-hydrogen) atoms. The van der Waals surface area contributed by atoms with Gasteiger partial charge in [0, 0.05) is 13.1 Å². The Morgan fingerprint density at radius 3 is 2.74 bits per heavy atom. The predicted molar refractivity (Wildman–Crippen MR) is 90.0 cm³/mol. The molecule has 0 aromatic heterocycles. The number of nitrogens with one attached hydrogen (secondary N) is 3. The van der Waals surface area contributed by atoms with E-state index in [0.717, 1.165) is 43.5 Å². The van der Waals surface area contributed by atoms with Crippen molar-refractivity contribution < 1.29 is 17.6 Å². The summed E-state index contributed by atoms with van der Waals surface area (Å²) in [6, 6.07) is 3.34. The molecular formula is C14H19ClFN3O3S. The van der Waals surface area contributed by atoms with Gasteiger partial charge in [0.1, 0.15) is 5.82 Å². The number of hydrogen-bond donors (Lipinski definition) is 3. The van der Waals surface area contributed by atoms with Gasteiger partial charge in [-0.3, -0.25) is 9.52 Å². The Hall–Kier alpha value is -1.64. The lowest BCUT2D eigenvalue weighted by Gasteiger charge is -2.15. The van der Waals surface area contributed by atoms with Crippen LogP contribution in [0.5, 0.6) is 0 Å². The minimum Gasteiger partial charge on any atom is -0.348 e. The summed E-state index contributed by atoms with van der Waals surface area (Å²) in [7, 11) is -3.55. The molecule has 0 atom stereocenters. The SMILES string of the molecule is CS(=O)(=O)Nc1ccc(F)cc1C(=O)NCC1=CCNCC1.Cl. The third-order valence-corrected chi connectivity index (χ3v) is 3.75. The van der Waals surface area contributed by atoms with Crippen molar-refractivity contribution in [2.75, 3.05) is 30.6 Å². The van der Waals surface area contributed by atoms with Gasteiger partial charge >= 0.3 is 0 Å². The van der Waals surface area contributed by atoms with Crippen molar-refractivity contribution in [3.63, 3.8) is 0 Å². The quantitative estimate of drug-likeness (QED) is 0.687. The standard InChI is InChI=1S/C14H18FN3O3S.ClH/c1-22(20,21)18-13-3-2-11(15)8-12(13)14(19)17-9-10-4-6-16-7-5-10;/h2-4,8,16,18H,5-7,9H2,1H3,(H,17,19);1H. The highest BCUT2D eigenvalue weighted by atomic mass is 35.5. The zero-order valence-electron chi connectivity index (χ0n) is 12.6. The van der Waals surface area contributed by atoms with E-state index in [1.807, 2.05) is 6.08 Å². The molecule has 3 N–H and O–H groups in total. The van der Waals surface area contributed by atoms with Gasteiger partial charge in [-0.05, 0) is 31.2 Å². The molecule has 2 rings (SSSR count). The number of benzene rings is 1. The van der Waals surface area contributed by atoms with Gasteiger partial charge in [-0.15, -0.1) is 12.4 Å². The largest absolute Gasteiger partial charge is 0.348 e. The highest BCUT2D eigenvalue weighted by molar-refractivity contribution is 7.92. The van der Waals surface area contributed by atoms with Crippen LogP contribution < -0.4 is 15.4 Å². The fourth-order valence-electron chi connectivity index (χ4n) is 2.11. The number of anilines is 1. The molecule has 0 bridgehead atoms. The van der Waals surface area contributed by atoms with Gasteiger partial charge in [-0.1, -0.05) is 11.6 Å². The van der Waals surface area contributed by atoms with Crippen LogP contribution in [0.2, 0.25) is 0 Å². The van der Waals surface area contributed by atoms with E-state index in [9.17, 15) is 17.6 Å². The molecule has 0 radical (unpaired) electrons. The van der Waals surface area contributed by atoms with Crippen molar-refractivity contribution in [1.29, 1.82) is 0 Å². The molecule has 0 saturated carbocycles. The summed E-state index contributed by atoms with van der Waals surface area (Å²) < 4.78 is 38.2. The lowest BCUT2D eigenvalue weighted by atomic mass is 10.1. The van der Waals surface area contributed by atoms with Gasteiger partial charge in [0.25, 0.3) is 5.91 Å². The van der Waals surface area contributed by atoms with E-state index < -0.39 is 21.7 Å². The lowest BCUT2D eigenvalue weighted by molar-refractivity contribution is 0.0957. The molecule has 1 aliphatic heterocycles. The molecule has 128 valence electrons. The summed E-state index contributed by atoms with van der Waals surface area (Å²) in [4.78, 5) is 12.2. The molecule has 1 aromatic carbocycles. The Labute approximate surface area is 141 Å². The first-order chi connectivity index (χ1) is 10.3. The van der Waals surface area contributed by atoms with Crippen molar-refractivity contribution >= 4 is 34.0 Å². The molecule has 9 heteroatoms. The molecule has 1 aliphatic rings. The van der Waals surface area contributed by atoms with Gasteiger partial charge in [-0.2, -0.15) is 0 Å². The van der Waals surface area contributed by atoms with E-state index in [4.69, 9.17) is 0 Å². The zero-order chi connectivity index (χ0) is 16.2. The van der Waals surface area contributed by atoms with Gasteiger partial charge in [0.2, 0.25) is 10.0 Å². The number of halogens is 2. The van der Waals surface area contributed by atoms with Gasteiger partial charge in [0.05, 0.1) is 17.5 Å². The summed E-state index contributed by atoms with van der Waals surface area (Å²) in [6.45, 7) is 1.96. The van der Waals surface area contributed by atoms with Gasteiger partial charge < -0.3 is 10.6 Å². The Morgan fingerprint density at radius 1 is 1.39 bits per heavy atom. The van der Waals surface area contributed by atoms with Gasteiger partial charge in [-0.25, -0.2) is 12.8 Å². The summed E-state index contributed by atoms with van der Waals surface area (Å²) in [5, 5.41) is 5.85. The van der Waals surface area contributed by atoms with Crippen molar-refractivity contribution in [3.05, 3.63) is 41.2 Å². The van der Waals surface area contributed by atoms with E-state index >= 15 is 0 Å². The Morgan fingerprint density at radius 2 is 2.13 bits per heavy atom. The number of amides is 1. The minimum atomic E-state index is -3.55. The second-order valence-corrected chi connectivity index (χ2v) is 6.81. The number of carbonyl (C=O) groups is 1. The highest BCUT2D eigenvalue weighted by Gasteiger charge is 2.15. The molecular weight excluding hydrogens is 345 g/mol. The van der Waals surface area contributed by atoms with E-state index in [2.05, 4.69) is 15.4 Å². The van der Waals surface area contributed by atoms with Crippen LogP contribution in [-0.4, -0.2) is 40.2 Å². The highest BCUT2D eigenvalue weighted by Crippen LogP contribution is 2.18. The average Bonchev–Trinajstić information content (AvgIpc) is 2.46. The minimum absolute atomic E-state index is 0. The predicted octanol–water partition coefficient (Wildman–Crippen LogP) is 1.27. The Kier molecular flexibility index (Phi) is 6.99. The molecule has 0 saturated heterocycles. The normalized spacial score (nSPS) is 14.4. The topological polar surface area (TPSA) is 87.3 Å². The number of rotatable bonds is 5. The van der Waals surface area contributed by atoms with Crippen LogP contribution >= 0.6 is 12.4 Å². The van der Waals surface area contributed by atoms with Crippen molar-refractivity contribution in [1.82, 2.24) is 10.6 Å². The van der Waals surface area contributed by atoms with Crippen LogP contribution in [0, 0.1) is 5.82 Å². The van der Waals surface area contributed by atoms with Gasteiger partial charge in [0.15, 0.2) is 0 Å². The number of carbonyl (C=O) groups excluding carboxylic acids is 1. The third-order valence-electron chi connectivity index (χ3n) is 3.16.